The molecule has 1 aliphatic heterocycles. The Bertz CT molecular complexity index is 984. The van der Waals surface area contributed by atoms with Crippen LogP contribution in [0.3, 0.4) is 0 Å². The number of fused-ring (bicyclic) bond motifs is 1. The van der Waals surface area contributed by atoms with Crippen molar-refractivity contribution in [1.82, 2.24) is 5.32 Å². The first-order valence-electron chi connectivity index (χ1n) is 9.21. The number of ether oxygens (including phenoxy) is 1. The van der Waals surface area contributed by atoms with Gasteiger partial charge in [-0.1, -0.05) is 54.6 Å². The Hall–Kier alpha value is -3.60. The standard InChI is InChI=1S/C23H20N2O3/c26-22(18-12-10-17(11-13-18)16-6-2-1-3-7-16)24-15-14-21-23(27)25-19-8-4-5-9-20(19)28-21/h1-13,21H,14-15H2,(H,24,26)(H,25,27). The van der Waals surface area contributed by atoms with Crippen molar-refractivity contribution in [3.63, 3.8) is 0 Å². The molecule has 0 saturated carbocycles. The van der Waals surface area contributed by atoms with E-state index < -0.39 is 6.10 Å². The monoisotopic (exact) mass is 372 g/mol. The third-order valence-electron chi connectivity index (χ3n) is 4.65. The average Bonchev–Trinajstić information content (AvgIpc) is 2.75. The number of carbonyl (C=O) groups excluding carboxylic acids is 2. The van der Waals surface area contributed by atoms with Crippen LogP contribution in [0.5, 0.6) is 5.75 Å². The Morgan fingerprint density at radius 1 is 0.893 bits per heavy atom. The number of para-hydroxylation sites is 2. The molecule has 28 heavy (non-hydrogen) atoms. The Labute approximate surface area is 163 Å². The van der Waals surface area contributed by atoms with Crippen LogP contribution >= 0.6 is 0 Å². The average molecular weight is 372 g/mol. The molecule has 1 unspecified atom stereocenters. The maximum Gasteiger partial charge on any atom is 0.265 e. The van der Waals surface area contributed by atoms with Crippen LogP contribution in [0.2, 0.25) is 0 Å². The van der Waals surface area contributed by atoms with E-state index in [0.29, 0.717) is 30.0 Å². The molecular weight excluding hydrogens is 352 g/mol. The number of benzene rings is 3. The number of carbonyl (C=O) groups is 2. The van der Waals surface area contributed by atoms with E-state index in [1.165, 1.54) is 0 Å². The first-order chi connectivity index (χ1) is 13.7. The van der Waals surface area contributed by atoms with Gasteiger partial charge >= 0.3 is 0 Å². The normalized spacial score (nSPS) is 15.1. The number of amides is 2. The fraction of sp³-hybridized carbons (Fsp3) is 0.130. The van der Waals surface area contributed by atoms with E-state index in [2.05, 4.69) is 10.6 Å². The van der Waals surface area contributed by atoms with Gasteiger partial charge in [0.2, 0.25) is 0 Å². The number of anilines is 1. The molecule has 0 aromatic heterocycles. The minimum Gasteiger partial charge on any atom is -0.478 e. The summed E-state index contributed by atoms with van der Waals surface area (Å²) in [5, 5.41) is 5.68. The molecule has 0 spiro atoms. The number of nitrogens with one attached hydrogen (secondary N) is 2. The predicted molar refractivity (Wildman–Crippen MR) is 108 cm³/mol. The zero-order valence-electron chi connectivity index (χ0n) is 15.2. The largest absolute Gasteiger partial charge is 0.478 e. The van der Waals surface area contributed by atoms with Gasteiger partial charge in [0.25, 0.3) is 11.8 Å². The lowest BCUT2D eigenvalue weighted by molar-refractivity contribution is -0.123. The van der Waals surface area contributed by atoms with Crippen molar-refractivity contribution in [3.05, 3.63) is 84.4 Å². The zero-order chi connectivity index (χ0) is 19.3. The lowest BCUT2D eigenvalue weighted by Crippen LogP contribution is -2.39. The van der Waals surface area contributed by atoms with E-state index in [1.54, 1.807) is 18.2 Å². The summed E-state index contributed by atoms with van der Waals surface area (Å²) in [6.07, 6.45) is -0.218. The van der Waals surface area contributed by atoms with E-state index in [9.17, 15) is 9.59 Å². The van der Waals surface area contributed by atoms with Crippen LogP contribution in [-0.4, -0.2) is 24.5 Å². The maximum absolute atomic E-state index is 12.4. The van der Waals surface area contributed by atoms with E-state index >= 15 is 0 Å². The summed E-state index contributed by atoms with van der Waals surface area (Å²) in [7, 11) is 0. The summed E-state index contributed by atoms with van der Waals surface area (Å²) < 4.78 is 5.73. The molecule has 5 heteroatoms. The predicted octanol–water partition coefficient (Wildman–Crippen LogP) is 3.87. The molecule has 3 aromatic rings. The fourth-order valence-corrected chi connectivity index (χ4v) is 3.15. The van der Waals surface area contributed by atoms with Crippen molar-refractivity contribution in [2.75, 3.05) is 11.9 Å². The Balaban J connectivity index is 1.32. The molecule has 1 heterocycles. The highest BCUT2D eigenvalue weighted by Gasteiger charge is 2.27. The third kappa shape index (κ3) is 3.88. The van der Waals surface area contributed by atoms with Gasteiger partial charge in [-0.3, -0.25) is 9.59 Å². The lowest BCUT2D eigenvalue weighted by Gasteiger charge is -2.25. The molecule has 5 nitrogen and oxygen atoms in total. The molecule has 1 atom stereocenters. The van der Waals surface area contributed by atoms with Crippen molar-refractivity contribution in [2.24, 2.45) is 0 Å². The molecule has 0 bridgehead atoms. The van der Waals surface area contributed by atoms with Gasteiger partial charge in [0.05, 0.1) is 5.69 Å². The minimum atomic E-state index is -0.615. The van der Waals surface area contributed by atoms with Crippen LogP contribution in [0.25, 0.3) is 11.1 Å². The van der Waals surface area contributed by atoms with E-state index in [4.69, 9.17) is 4.74 Å². The second kappa shape index (κ2) is 7.96. The van der Waals surface area contributed by atoms with Gasteiger partial charge in [0, 0.05) is 18.5 Å². The number of hydrogen-bond donors (Lipinski definition) is 2. The summed E-state index contributed by atoms with van der Waals surface area (Å²) in [6, 6.07) is 24.8. The molecular formula is C23H20N2O3. The topological polar surface area (TPSA) is 67.4 Å². The summed E-state index contributed by atoms with van der Waals surface area (Å²) in [5.41, 5.74) is 3.42. The highest BCUT2D eigenvalue weighted by atomic mass is 16.5. The van der Waals surface area contributed by atoms with Gasteiger partial charge in [0.15, 0.2) is 6.10 Å². The smallest absolute Gasteiger partial charge is 0.265 e. The second-order valence-electron chi connectivity index (χ2n) is 6.58. The van der Waals surface area contributed by atoms with E-state index in [0.717, 1.165) is 11.1 Å². The highest BCUT2D eigenvalue weighted by Crippen LogP contribution is 2.29. The Morgan fingerprint density at radius 2 is 1.57 bits per heavy atom. The first-order valence-corrected chi connectivity index (χ1v) is 9.21. The number of rotatable bonds is 5. The maximum atomic E-state index is 12.4. The first kappa shape index (κ1) is 17.8. The van der Waals surface area contributed by atoms with E-state index in [-0.39, 0.29) is 11.8 Å². The summed E-state index contributed by atoms with van der Waals surface area (Å²) >= 11 is 0. The molecule has 3 aromatic carbocycles. The molecule has 4 rings (SSSR count). The molecule has 1 aliphatic rings. The summed E-state index contributed by atoms with van der Waals surface area (Å²) in [4.78, 5) is 24.5. The molecule has 0 fully saturated rings. The Kier molecular flexibility index (Phi) is 5.06. The molecule has 2 amide bonds. The van der Waals surface area contributed by atoms with Crippen LogP contribution in [0.4, 0.5) is 5.69 Å². The number of hydrogen-bond acceptors (Lipinski definition) is 3. The summed E-state index contributed by atoms with van der Waals surface area (Å²) in [6.45, 7) is 0.347. The zero-order valence-corrected chi connectivity index (χ0v) is 15.2. The summed E-state index contributed by atoms with van der Waals surface area (Å²) in [5.74, 6) is 0.284. The lowest BCUT2D eigenvalue weighted by atomic mass is 10.0. The van der Waals surface area contributed by atoms with Crippen molar-refractivity contribution >= 4 is 17.5 Å². The molecule has 2 N–H and O–H groups in total. The highest BCUT2D eigenvalue weighted by molar-refractivity contribution is 5.98. The van der Waals surface area contributed by atoms with Crippen molar-refractivity contribution < 1.29 is 14.3 Å². The molecule has 0 radical (unpaired) electrons. The van der Waals surface area contributed by atoms with Gasteiger partial charge in [-0.2, -0.15) is 0 Å². The SMILES string of the molecule is O=C(NCCC1Oc2ccccc2NC1=O)c1ccc(-c2ccccc2)cc1. The Morgan fingerprint density at radius 3 is 2.36 bits per heavy atom. The quantitative estimate of drug-likeness (QED) is 0.714. The van der Waals surface area contributed by atoms with Crippen molar-refractivity contribution in [3.8, 4) is 16.9 Å². The van der Waals surface area contributed by atoms with Crippen LogP contribution in [0.15, 0.2) is 78.9 Å². The van der Waals surface area contributed by atoms with Crippen LogP contribution in [0.1, 0.15) is 16.8 Å². The van der Waals surface area contributed by atoms with Gasteiger partial charge in [-0.25, -0.2) is 0 Å². The fourth-order valence-electron chi connectivity index (χ4n) is 3.15. The minimum absolute atomic E-state index is 0.170. The van der Waals surface area contributed by atoms with Gasteiger partial charge in [0.1, 0.15) is 5.75 Å². The van der Waals surface area contributed by atoms with Crippen molar-refractivity contribution in [2.45, 2.75) is 12.5 Å². The van der Waals surface area contributed by atoms with Gasteiger partial charge < -0.3 is 15.4 Å². The van der Waals surface area contributed by atoms with E-state index in [1.807, 2.05) is 60.7 Å². The molecule has 0 aliphatic carbocycles. The van der Waals surface area contributed by atoms with Crippen LogP contribution in [-0.2, 0) is 4.79 Å². The van der Waals surface area contributed by atoms with Gasteiger partial charge in [-0.15, -0.1) is 0 Å². The van der Waals surface area contributed by atoms with Gasteiger partial charge in [-0.05, 0) is 35.4 Å². The second-order valence-corrected chi connectivity index (χ2v) is 6.58. The molecule has 0 saturated heterocycles. The van der Waals surface area contributed by atoms with Crippen molar-refractivity contribution in [1.29, 1.82) is 0 Å². The third-order valence-corrected chi connectivity index (χ3v) is 4.65. The van der Waals surface area contributed by atoms with Crippen LogP contribution in [0, 0.1) is 0 Å². The molecule has 140 valence electrons. The van der Waals surface area contributed by atoms with Crippen LogP contribution < -0.4 is 15.4 Å².